The van der Waals surface area contributed by atoms with Crippen LogP contribution in [-0.2, 0) is 12.8 Å². The van der Waals surface area contributed by atoms with Gasteiger partial charge in [-0.3, -0.25) is 0 Å². The number of benzene rings is 15. The minimum absolute atomic E-state index is 1.01. The Labute approximate surface area is 694 Å². The van der Waals surface area contributed by atoms with Crippen molar-refractivity contribution >= 4 is 100 Å². The van der Waals surface area contributed by atoms with Crippen LogP contribution < -0.4 is 19.6 Å². The zero-order chi connectivity index (χ0) is 78.0. The fourth-order valence-corrected chi connectivity index (χ4v) is 16.7. The molecule has 0 fully saturated rings. The predicted octanol–water partition coefficient (Wildman–Crippen LogP) is 33.5. The first-order valence-corrected chi connectivity index (χ1v) is 42.6. The Morgan fingerprint density at radius 2 is 0.395 bits per heavy atom. The Bertz CT molecular complexity index is 5130. The molecule has 6 heteroatoms. The van der Waals surface area contributed by atoms with Gasteiger partial charge < -0.3 is 19.6 Å². The molecule has 0 atom stereocenters. The molecule has 0 saturated heterocycles. The van der Waals surface area contributed by atoms with E-state index in [2.05, 4.69) is 443 Å². The van der Waals surface area contributed by atoms with Crippen molar-refractivity contribution in [3.63, 3.8) is 0 Å². The SMILES string of the molecule is CCCCCCCCc1cc(-c2ccc(N(c3ccc(-c4ccc(Br)cc4)cc3)c3ccc(-c4ccc(N(c5ccccc5)c5ccccc5)cc4)cc3)cc2C)c(CCCCCCCC)cc1-c1ccc(N(c2ccc(-c3ccc(Br)cc3)cc2)c2ccc(-c3ccc(N(c4ccccc4)c4ccccc4)cc3)cc2)cc1C. The highest BCUT2D eigenvalue weighted by molar-refractivity contribution is 9.10. The van der Waals surface area contributed by atoms with Crippen molar-refractivity contribution in [2.24, 2.45) is 0 Å². The maximum atomic E-state index is 3.67. The maximum Gasteiger partial charge on any atom is 0.0464 e. The van der Waals surface area contributed by atoms with Crippen LogP contribution in [0.3, 0.4) is 0 Å². The van der Waals surface area contributed by atoms with Gasteiger partial charge in [0.05, 0.1) is 0 Å². The van der Waals surface area contributed by atoms with E-state index in [1.165, 1.54) is 131 Å². The third-order valence-electron chi connectivity index (χ3n) is 22.3. The van der Waals surface area contributed by atoms with Gasteiger partial charge in [0.2, 0.25) is 0 Å². The standard InChI is InChI=1S/C108H100Br2N4/c1-5-7-9-11-13-19-29-89-77-108(106-74-72-104(76-80(106)4)114(100-65-49-84(50-66-100)82-41-57-92(110)58-42-82)102-69-53-88(54-70-102)86-45-61-98(62-46-86)112(95-35-25-17-26-36-95)96-37-27-18-28-38-96)90(30-20-14-12-10-8-6-2)78-107(89)105-73-71-103(75-79(105)3)113(99-63-47-83(48-64-99)81-39-55-91(109)56-40-81)101-67-51-87(52-68-101)85-43-59-97(60-44-85)111(93-31-21-15-22-32-93)94-33-23-16-24-34-94/h15-18,21-28,31-78H,5-14,19-20,29-30H2,1-4H3. The van der Waals surface area contributed by atoms with E-state index < -0.39 is 0 Å². The highest BCUT2D eigenvalue weighted by Gasteiger charge is 2.23. The quantitative estimate of drug-likeness (QED) is 0.0390. The Hall–Kier alpha value is -11.5. The fourth-order valence-electron chi connectivity index (χ4n) is 16.2. The van der Waals surface area contributed by atoms with Gasteiger partial charge in [-0.25, -0.2) is 0 Å². The first-order valence-electron chi connectivity index (χ1n) is 41.0. The summed E-state index contributed by atoms with van der Waals surface area (Å²) < 4.78 is 2.14. The summed E-state index contributed by atoms with van der Waals surface area (Å²) in [6.45, 7) is 9.31. The molecule has 0 N–H and O–H groups in total. The van der Waals surface area contributed by atoms with E-state index in [0.29, 0.717) is 0 Å². The van der Waals surface area contributed by atoms with E-state index in [1.807, 2.05) is 0 Å². The van der Waals surface area contributed by atoms with E-state index in [4.69, 9.17) is 0 Å². The Morgan fingerprint density at radius 3 is 0.632 bits per heavy atom. The van der Waals surface area contributed by atoms with Crippen LogP contribution in [-0.4, -0.2) is 0 Å². The van der Waals surface area contributed by atoms with Gasteiger partial charge in [0.25, 0.3) is 0 Å². The van der Waals surface area contributed by atoms with Crippen molar-refractivity contribution in [1.82, 2.24) is 0 Å². The number of unbranched alkanes of at least 4 members (excludes halogenated alkanes) is 10. The molecular weight excluding hydrogens is 1510 g/mol. The second-order valence-corrected chi connectivity index (χ2v) is 32.0. The third-order valence-corrected chi connectivity index (χ3v) is 23.3. The number of anilines is 12. The van der Waals surface area contributed by atoms with Crippen molar-refractivity contribution in [3.8, 4) is 66.8 Å². The zero-order valence-corrected chi connectivity index (χ0v) is 69.3. The lowest BCUT2D eigenvalue weighted by atomic mass is 9.84. The van der Waals surface area contributed by atoms with E-state index >= 15 is 0 Å². The second kappa shape index (κ2) is 37.9. The average Bonchev–Trinajstić information content (AvgIpc) is 0.768. The summed E-state index contributed by atoms with van der Waals surface area (Å²) >= 11 is 7.33. The van der Waals surface area contributed by atoms with Crippen LogP contribution in [0.5, 0.6) is 0 Å². The molecule has 15 aromatic carbocycles. The molecule has 0 spiro atoms. The molecule has 0 saturated carbocycles. The number of para-hydroxylation sites is 4. The van der Waals surface area contributed by atoms with Gasteiger partial charge in [0, 0.05) is 77.2 Å². The normalized spacial score (nSPS) is 11.2. The van der Waals surface area contributed by atoms with Crippen LogP contribution >= 0.6 is 31.9 Å². The van der Waals surface area contributed by atoms with Gasteiger partial charge in [0.15, 0.2) is 0 Å². The number of rotatable bonds is 32. The number of aryl methyl sites for hydroxylation is 4. The van der Waals surface area contributed by atoms with Crippen LogP contribution in [0.15, 0.2) is 373 Å². The lowest BCUT2D eigenvalue weighted by Gasteiger charge is -2.28. The first kappa shape index (κ1) is 77.8. The van der Waals surface area contributed by atoms with Crippen LogP contribution in [0.25, 0.3) is 66.8 Å². The van der Waals surface area contributed by atoms with Crippen LogP contribution in [0.2, 0.25) is 0 Å². The topological polar surface area (TPSA) is 13.0 Å². The van der Waals surface area contributed by atoms with Gasteiger partial charge in [-0.1, -0.05) is 304 Å². The van der Waals surface area contributed by atoms with Gasteiger partial charge in [-0.2, -0.15) is 0 Å². The number of halogens is 2. The molecule has 0 aromatic heterocycles. The summed E-state index contributed by atoms with van der Waals surface area (Å²) in [6, 6.07) is 134. The molecule has 0 unspecified atom stereocenters. The largest absolute Gasteiger partial charge is 0.311 e. The smallest absolute Gasteiger partial charge is 0.0464 e. The number of hydrogen-bond acceptors (Lipinski definition) is 4. The molecule has 0 aliphatic carbocycles. The molecule has 0 radical (unpaired) electrons. The minimum atomic E-state index is 1.01. The molecule has 15 rings (SSSR count). The molecule has 0 aliphatic heterocycles. The van der Waals surface area contributed by atoms with Crippen molar-refractivity contribution in [3.05, 3.63) is 395 Å². The highest BCUT2D eigenvalue weighted by atomic mass is 79.9. The summed E-state index contributed by atoms with van der Waals surface area (Å²) in [5, 5.41) is 0. The summed E-state index contributed by atoms with van der Waals surface area (Å²) in [5.41, 5.74) is 33.4. The molecule has 15 aromatic rings. The third kappa shape index (κ3) is 18.7. The summed E-state index contributed by atoms with van der Waals surface area (Å²) in [6.07, 6.45) is 16.9. The molecule has 0 aliphatic rings. The zero-order valence-electron chi connectivity index (χ0n) is 66.1. The minimum Gasteiger partial charge on any atom is -0.311 e. The van der Waals surface area contributed by atoms with E-state index in [1.54, 1.807) is 0 Å². The van der Waals surface area contributed by atoms with Crippen LogP contribution in [0, 0.1) is 13.8 Å². The monoisotopic (exact) mass is 1610 g/mol. The van der Waals surface area contributed by atoms with Crippen molar-refractivity contribution in [2.45, 2.75) is 118 Å². The van der Waals surface area contributed by atoms with Crippen molar-refractivity contribution < 1.29 is 0 Å². The van der Waals surface area contributed by atoms with E-state index in [-0.39, 0.29) is 0 Å². The molecule has 4 nitrogen and oxygen atoms in total. The molecule has 114 heavy (non-hydrogen) atoms. The van der Waals surface area contributed by atoms with Crippen molar-refractivity contribution in [1.29, 1.82) is 0 Å². The summed E-state index contributed by atoms with van der Waals surface area (Å²) in [4.78, 5) is 9.50. The van der Waals surface area contributed by atoms with E-state index in [9.17, 15) is 0 Å². The highest BCUT2D eigenvalue weighted by Crippen LogP contribution is 2.46. The van der Waals surface area contributed by atoms with Crippen LogP contribution in [0.4, 0.5) is 68.2 Å². The maximum absolute atomic E-state index is 3.67. The average molecular weight is 1610 g/mol. The predicted molar refractivity (Wildman–Crippen MR) is 497 cm³/mol. The van der Waals surface area contributed by atoms with Crippen molar-refractivity contribution in [2.75, 3.05) is 19.6 Å². The first-order chi connectivity index (χ1) is 56.1. The molecule has 0 heterocycles. The number of hydrogen-bond donors (Lipinski definition) is 0. The van der Waals surface area contributed by atoms with E-state index in [0.717, 1.165) is 125 Å². The summed E-state index contributed by atoms with van der Waals surface area (Å²) in [5.74, 6) is 0. The van der Waals surface area contributed by atoms with Crippen LogP contribution in [0.1, 0.15) is 113 Å². The van der Waals surface area contributed by atoms with Gasteiger partial charge in [0.1, 0.15) is 0 Å². The van der Waals surface area contributed by atoms with Gasteiger partial charge in [-0.15, -0.1) is 0 Å². The molecule has 566 valence electrons. The lowest BCUT2D eigenvalue weighted by molar-refractivity contribution is 0.606. The summed E-state index contributed by atoms with van der Waals surface area (Å²) in [7, 11) is 0. The molecule has 0 bridgehead atoms. The lowest BCUT2D eigenvalue weighted by Crippen LogP contribution is -2.10. The Morgan fingerprint density at radius 1 is 0.193 bits per heavy atom. The Balaban J connectivity index is 0.782. The second-order valence-electron chi connectivity index (χ2n) is 30.2. The molecule has 0 amide bonds. The number of nitrogens with zero attached hydrogens (tertiary/aromatic N) is 4. The van der Waals surface area contributed by atoms with Gasteiger partial charge in [-0.05, 0) is 298 Å². The van der Waals surface area contributed by atoms with Gasteiger partial charge >= 0.3 is 0 Å². The fraction of sp³-hybridized carbons (Fsp3) is 0.167. The Kier molecular flexibility index (Phi) is 25.8. The molecular formula is C108H100Br2N4.